The Balaban J connectivity index is 1.67. The molecule has 0 spiro atoms. The predicted octanol–water partition coefficient (Wildman–Crippen LogP) is 3.35. The fourth-order valence-electron chi connectivity index (χ4n) is 2.82. The second-order valence-electron chi connectivity index (χ2n) is 6.55. The molecule has 0 bridgehead atoms. The van der Waals surface area contributed by atoms with E-state index in [1.54, 1.807) is 18.3 Å². The van der Waals surface area contributed by atoms with Gasteiger partial charge in [-0.25, -0.2) is 4.98 Å². The molecule has 1 fully saturated rings. The molecule has 1 N–H and O–H groups in total. The number of carbonyl (C=O) groups is 1. The Kier molecular flexibility index (Phi) is 6.07. The summed E-state index contributed by atoms with van der Waals surface area (Å²) in [5.41, 5.74) is 1.20. The van der Waals surface area contributed by atoms with Crippen LogP contribution in [0.2, 0.25) is 0 Å². The minimum absolute atomic E-state index is 0.121. The van der Waals surface area contributed by atoms with Crippen LogP contribution < -0.4 is 15.0 Å². The van der Waals surface area contributed by atoms with Gasteiger partial charge in [0.1, 0.15) is 18.2 Å². The quantitative estimate of drug-likeness (QED) is 0.861. The van der Waals surface area contributed by atoms with E-state index in [0.717, 1.165) is 25.3 Å². The number of carbonyl (C=O) groups excluding carboxylic acids is 1. The molecule has 26 heavy (non-hydrogen) atoms. The lowest BCUT2D eigenvalue weighted by molar-refractivity contribution is -0.0109. The molecular weight excluding hydrogens is 330 g/mol. The minimum Gasteiger partial charge on any atom is -0.489 e. The molecule has 1 aliphatic heterocycles. The van der Waals surface area contributed by atoms with Crippen LogP contribution in [0.3, 0.4) is 0 Å². The summed E-state index contributed by atoms with van der Waals surface area (Å²) >= 11 is 0. The molecule has 1 aromatic heterocycles. The zero-order chi connectivity index (χ0) is 18.4. The van der Waals surface area contributed by atoms with Crippen LogP contribution in [0.4, 0.5) is 11.5 Å². The Morgan fingerprint density at radius 3 is 2.92 bits per heavy atom. The Bertz CT molecular complexity index is 743. The van der Waals surface area contributed by atoms with Crippen molar-refractivity contribution in [3.63, 3.8) is 0 Å². The van der Waals surface area contributed by atoms with Gasteiger partial charge in [-0.2, -0.15) is 0 Å². The number of nitrogens with zero attached hydrogens (tertiary/aromatic N) is 2. The molecule has 2 aromatic rings. The molecule has 2 heterocycles. The molecule has 1 saturated heterocycles. The van der Waals surface area contributed by atoms with Crippen LogP contribution in [0, 0.1) is 0 Å². The van der Waals surface area contributed by atoms with Gasteiger partial charge in [-0.15, -0.1) is 0 Å². The summed E-state index contributed by atoms with van der Waals surface area (Å²) in [5, 5.41) is 2.93. The van der Waals surface area contributed by atoms with Gasteiger partial charge in [-0.3, -0.25) is 4.79 Å². The van der Waals surface area contributed by atoms with Gasteiger partial charge in [-0.05, 0) is 43.5 Å². The maximum absolute atomic E-state index is 12.6. The molecule has 0 saturated carbocycles. The summed E-state index contributed by atoms with van der Waals surface area (Å²) in [4.78, 5) is 18.7. The zero-order valence-corrected chi connectivity index (χ0v) is 15.3. The lowest BCUT2D eigenvalue weighted by Gasteiger charge is -2.23. The average Bonchev–Trinajstić information content (AvgIpc) is 2.68. The lowest BCUT2D eigenvalue weighted by atomic mass is 10.1. The second-order valence-corrected chi connectivity index (χ2v) is 6.55. The smallest absolute Gasteiger partial charge is 0.255 e. The molecule has 0 aliphatic carbocycles. The highest BCUT2D eigenvalue weighted by Crippen LogP contribution is 2.26. The largest absolute Gasteiger partial charge is 0.489 e. The van der Waals surface area contributed by atoms with E-state index < -0.39 is 0 Å². The van der Waals surface area contributed by atoms with E-state index in [4.69, 9.17) is 9.47 Å². The SMILES string of the molecule is CN(C)c1cc(C(=O)Nc2ccccc2OCC2CCCCO2)ccn1. The van der Waals surface area contributed by atoms with E-state index >= 15 is 0 Å². The van der Waals surface area contributed by atoms with Crippen molar-refractivity contribution in [1.82, 2.24) is 4.98 Å². The number of para-hydroxylation sites is 2. The molecule has 1 aromatic carbocycles. The van der Waals surface area contributed by atoms with E-state index in [-0.39, 0.29) is 12.0 Å². The number of rotatable bonds is 6. The van der Waals surface area contributed by atoms with Crippen LogP contribution in [0.15, 0.2) is 42.6 Å². The maximum Gasteiger partial charge on any atom is 0.255 e. The number of aromatic nitrogens is 1. The van der Waals surface area contributed by atoms with Crippen molar-refractivity contribution >= 4 is 17.4 Å². The third-order valence-electron chi connectivity index (χ3n) is 4.30. The topological polar surface area (TPSA) is 63.7 Å². The lowest BCUT2D eigenvalue weighted by Crippen LogP contribution is -2.26. The molecule has 138 valence electrons. The van der Waals surface area contributed by atoms with E-state index in [9.17, 15) is 4.79 Å². The van der Waals surface area contributed by atoms with Crippen molar-refractivity contribution in [3.05, 3.63) is 48.2 Å². The molecule has 1 unspecified atom stereocenters. The van der Waals surface area contributed by atoms with Crippen molar-refractivity contribution in [3.8, 4) is 5.75 Å². The third kappa shape index (κ3) is 4.73. The van der Waals surface area contributed by atoms with Crippen molar-refractivity contribution in [2.24, 2.45) is 0 Å². The van der Waals surface area contributed by atoms with Crippen LogP contribution in [-0.2, 0) is 4.74 Å². The van der Waals surface area contributed by atoms with Crippen molar-refractivity contribution < 1.29 is 14.3 Å². The first-order valence-corrected chi connectivity index (χ1v) is 8.91. The zero-order valence-electron chi connectivity index (χ0n) is 15.3. The van der Waals surface area contributed by atoms with E-state index in [1.165, 1.54) is 6.42 Å². The fraction of sp³-hybridized carbons (Fsp3) is 0.400. The Labute approximate surface area is 154 Å². The number of amides is 1. The van der Waals surface area contributed by atoms with Crippen molar-refractivity contribution in [1.29, 1.82) is 0 Å². The van der Waals surface area contributed by atoms with Gasteiger partial charge in [0.05, 0.1) is 11.8 Å². The van der Waals surface area contributed by atoms with E-state index in [0.29, 0.717) is 23.6 Å². The predicted molar refractivity (Wildman–Crippen MR) is 102 cm³/mol. The number of hydrogen-bond acceptors (Lipinski definition) is 5. The number of pyridine rings is 1. The van der Waals surface area contributed by atoms with Gasteiger partial charge < -0.3 is 19.7 Å². The van der Waals surface area contributed by atoms with Crippen LogP contribution in [-0.4, -0.2) is 44.3 Å². The highest BCUT2D eigenvalue weighted by molar-refractivity contribution is 6.05. The molecule has 6 heteroatoms. The van der Waals surface area contributed by atoms with Crippen LogP contribution >= 0.6 is 0 Å². The maximum atomic E-state index is 12.6. The molecule has 1 aliphatic rings. The average molecular weight is 355 g/mol. The third-order valence-corrected chi connectivity index (χ3v) is 4.30. The highest BCUT2D eigenvalue weighted by atomic mass is 16.5. The molecule has 6 nitrogen and oxygen atoms in total. The van der Waals surface area contributed by atoms with Gasteiger partial charge in [0.2, 0.25) is 0 Å². The first kappa shape index (κ1) is 18.2. The Hall–Kier alpha value is -2.60. The molecule has 0 radical (unpaired) electrons. The summed E-state index contributed by atoms with van der Waals surface area (Å²) in [6, 6.07) is 10.9. The summed E-state index contributed by atoms with van der Waals surface area (Å²) in [5.74, 6) is 1.19. The standard InChI is InChI=1S/C20H25N3O3/c1-23(2)19-13-15(10-11-21-19)20(24)22-17-8-3-4-9-18(17)26-14-16-7-5-6-12-25-16/h3-4,8-11,13,16H,5-7,12,14H2,1-2H3,(H,22,24). The minimum atomic E-state index is -0.194. The Morgan fingerprint density at radius 2 is 2.15 bits per heavy atom. The van der Waals surface area contributed by atoms with Gasteiger partial charge in [0.25, 0.3) is 5.91 Å². The Morgan fingerprint density at radius 1 is 1.31 bits per heavy atom. The first-order valence-electron chi connectivity index (χ1n) is 8.91. The van der Waals surface area contributed by atoms with Gasteiger partial charge in [-0.1, -0.05) is 12.1 Å². The normalized spacial score (nSPS) is 16.8. The van der Waals surface area contributed by atoms with Crippen LogP contribution in [0.5, 0.6) is 5.75 Å². The second kappa shape index (κ2) is 8.67. The van der Waals surface area contributed by atoms with Gasteiger partial charge in [0, 0.05) is 32.5 Å². The van der Waals surface area contributed by atoms with E-state index in [1.807, 2.05) is 43.3 Å². The van der Waals surface area contributed by atoms with Crippen LogP contribution in [0.25, 0.3) is 0 Å². The highest BCUT2D eigenvalue weighted by Gasteiger charge is 2.16. The van der Waals surface area contributed by atoms with E-state index in [2.05, 4.69) is 10.3 Å². The molecule has 3 rings (SSSR count). The number of hydrogen-bond donors (Lipinski definition) is 1. The summed E-state index contributed by atoms with van der Waals surface area (Å²) in [6.07, 6.45) is 5.05. The van der Waals surface area contributed by atoms with Gasteiger partial charge in [0.15, 0.2) is 0 Å². The monoisotopic (exact) mass is 355 g/mol. The number of ether oxygens (including phenoxy) is 2. The number of anilines is 2. The summed E-state index contributed by atoms with van der Waals surface area (Å²) in [7, 11) is 3.78. The molecular formula is C20H25N3O3. The van der Waals surface area contributed by atoms with Crippen molar-refractivity contribution in [2.45, 2.75) is 25.4 Å². The van der Waals surface area contributed by atoms with Gasteiger partial charge >= 0.3 is 0 Å². The summed E-state index contributed by atoms with van der Waals surface area (Å²) in [6.45, 7) is 1.29. The fourth-order valence-corrected chi connectivity index (χ4v) is 2.82. The number of benzene rings is 1. The van der Waals surface area contributed by atoms with Crippen molar-refractivity contribution in [2.75, 3.05) is 37.5 Å². The first-order chi connectivity index (χ1) is 12.6. The number of nitrogens with one attached hydrogen (secondary N) is 1. The molecule has 1 amide bonds. The van der Waals surface area contributed by atoms with Crippen LogP contribution in [0.1, 0.15) is 29.6 Å². The molecule has 1 atom stereocenters. The summed E-state index contributed by atoms with van der Waals surface area (Å²) < 4.78 is 11.6.